The van der Waals surface area contributed by atoms with Crippen molar-refractivity contribution in [2.75, 3.05) is 0 Å². The van der Waals surface area contributed by atoms with Crippen LogP contribution < -0.4 is 5.32 Å². The molecule has 1 aromatic rings. The van der Waals surface area contributed by atoms with Crippen molar-refractivity contribution in [2.24, 2.45) is 0 Å². The summed E-state index contributed by atoms with van der Waals surface area (Å²) in [5.41, 5.74) is 1.03. The van der Waals surface area contributed by atoms with E-state index in [1.54, 1.807) is 0 Å². The van der Waals surface area contributed by atoms with Gasteiger partial charge in [0.05, 0.1) is 0 Å². The molecule has 2 fully saturated rings. The Bertz CT molecular complexity index is 488. The van der Waals surface area contributed by atoms with Crippen molar-refractivity contribution in [2.45, 2.75) is 84.2 Å². The van der Waals surface area contributed by atoms with Crippen molar-refractivity contribution in [3.8, 4) is 0 Å². The first-order valence-electron chi connectivity index (χ1n) is 9.22. The maximum absolute atomic E-state index is 11.9. The number of benzene rings is 1. The van der Waals surface area contributed by atoms with Gasteiger partial charge in [-0.3, -0.25) is 0 Å². The van der Waals surface area contributed by atoms with E-state index in [4.69, 9.17) is 4.74 Å². The molecule has 0 bridgehead atoms. The predicted octanol–water partition coefficient (Wildman–Crippen LogP) is 4.34. The fourth-order valence-corrected chi connectivity index (χ4v) is 3.50. The lowest BCUT2D eigenvalue weighted by atomic mass is 10.2. The number of nitrogens with zero attached hydrogens (tertiary/aromatic N) is 1. The van der Waals surface area contributed by atoms with Crippen molar-refractivity contribution in [1.82, 2.24) is 10.2 Å². The fraction of sp³-hybridized carbons (Fsp3) is 0.650. The van der Waals surface area contributed by atoms with Gasteiger partial charge >= 0.3 is 6.09 Å². The fourth-order valence-electron chi connectivity index (χ4n) is 3.50. The summed E-state index contributed by atoms with van der Waals surface area (Å²) >= 11 is 0. The quantitative estimate of drug-likeness (QED) is 0.876. The number of hydrogen-bond acceptors (Lipinski definition) is 3. The van der Waals surface area contributed by atoms with Gasteiger partial charge in [0.1, 0.15) is 6.61 Å². The molecule has 0 unspecified atom stereocenters. The first-order valence-corrected chi connectivity index (χ1v) is 9.22. The Morgan fingerprint density at radius 3 is 2.00 bits per heavy atom. The lowest BCUT2D eigenvalue weighted by Crippen LogP contribution is -2.38. The Balaban J connectivity index is 0.000000249. The topological polar surface area (TPSA) is 41.6 Å². The first kappa shape index (κ1) is 18.8. The number of hydrogen-bond donors (Lipinski definition) is 1. The first-order chi connectivity index (χ1) is 11.5. The Morgan fingerprint density at radius 2 is 1.54 bits per heavy atom. The van der Waals surface area contributed by atoms with E-state index in [0.717, 1.165) is 30.5 Å². The van der Waals surface area contributed by atoms with Crippen LogP contribution >= 0.6 is 0 Å². The highest BCUT2D eigenvalue weighted by molar-refractivity contribution is 5.68. The monoisotopic (exact) mass is 332 g/mol. The van der Waals surface area contributed by atoms with Gasteiger partial charge in [-0.15, -0.1) is 0 Å². The van der Waals surface area contributed by atoms with Gasteiger partial charge in [0.2, 0.25) is 0 Å². The molecule has 2 aliphatic rings. The summed E-state index contributed by atoms with van der Waals surface area (Å²) in [4.78, 5) is 13.8. The molecular weight excluding hydrogens is 300 g/mol. The van der Waals surface area contributed by atoms with Crippen molar-refractivity contribution >= 4 is 6.09 Å². The minimum Gasteiger partial charge on any atom is -0.445 e. The molecule has 3 rings (SSSR count). The maximum Gasteiger partial charge on any atom is 0.410 e. The van der Waals surface area contributed by atoms with E-state index in [9.17, 15) is 4.79 Å². The zero-order chi connectivity index (χ0) is 17.5. The van der Waals surface area contributed by atoms with E-state index in [1.807, 2.05) is 35.2 Å². The van der Waals surface area contributed by atoms with Gasteiger partial charge in [-0.05, 0) is 58.9 Å². The van der Waals surface area contributed by atoms with Crippen LogP contribution in [0.15, 0.2) is 30.3 Å². The molecule has 2 heterocycles. The zero-order valence-electron chi connectivity index (χ0n) is 15.5. The summed E-state index contributed by atoms with van der Waals surface area (Å²) < 4.78 is 5.34. The Morgan fingerprint density at radius 1 is 1.00 bits per heavy atom. The number of carbonyl (C=O) groups is 1. The average Bonchev–Trinajstić information content (AvgIpc) is 3.11. The number of amides is 1. The van der Waals surface area contributed by atoms with Crippen LogP contribution in [0.1, 0.15) is 58.9 Å². The summed E-state index contributed by atoms with van der Waals surface area (Å²) in [6.07, 6.45) is 4.68. The lowest BCUT2D eigenvalue weighted by Gasteiger charge is -2.25. The number of rotatable bonds is 2. The number of nitrogens with one attached hydrogen (secondary N) is 1. The second kappa shape index (κ2) is 9.07. The third kappa shape index (κ3) is 5.52. The lowest BCUT2D eigenvalue weighted by molar-refractivity contribution is 0.0833. The molecule has 0 aliphatic carbocycles. The zero-order valence-corrected chi connectivity index (χ0v) is 15.5. The maximum atomic E-state index is 11.9. The molecule has 0 saturated carbocycles. The van der Waals surface area contributed by atoms with Gasteiger partial charge < -0.3 is 15.0 Å². The Labute approximate surface area is 146 Å². The molecule has 24 heavy (non-hydrogen) atoms. The average molecular weight is 332 g/mol. The van der Waals surface area contributed by atoms with Crippen molar-refractivity contribution < 1.29 is 9.53 Å². The van der Waals surface area contributed by atoms with Crippen LogP contribution in [0.5, 0.6) is 0 Å². The highest BCUT2D eigenvalue weighted by atomic mass is 16.6. The van der Waals surface area contributed by atoms with Crippen LogP contribution in [0.4, 0.5) is 4.79 Å². The standard InChI is InChI=1S/C14H19NO2.C6H13N/c1-11-8-9-12(2)15(11)14(16)17-10-13-6-4-3-5-7-13;1-5-3-4-6(2)7-5/h3-7,11-12H,8-10H2,1-2H3;5-7H,3-4H2,1-2H3/t11-,12-;5-,6-/m00/s1. The second-order valence-electron chi connectivity index (χ2n) is 7.27. The highest BCUT2D eigenvalue weighted by Crippen LogP contribution is 2.24. The van der Waals surface area contributed by atoms with Crippen LogP contribution in [0.25, 0.3) is 0 Å². The summed E-state index contributed by atoms with van der Waals surface area (Å²) in [5.74, 6) is 0. The molecule has 1 aromatic carbocycles. The minimum atomic E-state index is -0.189. The van der Waals surface area contributed by atoms with E-state index in [-0.39, 0.29) is 6.09 Å². The molecule has 1 amide bonds. The number of ether oxygens (including phenoxy) is 1. The third-order valence-electron chi connectivity index (χ3n) is 4.97. The van der Waals surface area contributed by atoms with Gasteiger partial charge in [-0.1, -0.05) is 30.3 Å². The molecule has 0 radical (unpaired) electrons. The molecule has 4 nitrogen and oxygen atoms in total. The molecule has 0 aromatic heterocycles. The van der Waals surface area contributed by atoms with Crippen LogP contribution in [-0.4, -0.2) is 35.2 Å². The second-order valence-corrected chi connectivity index (χ2v) is 7.27. The Kier molecular flexibility index (Phi) is 7.10. The van der Waals surface area contributed by atoms with Gasteiger partial charge in [0.25, 0.3) is 0 Å². The molecule has 0 spiro atoms. The molecule has 1 N–H and O–H groups in total. The third-order valence-corrected chi connectivity index (χ3v) is 4.97. The summed E-state index contributed by atoms with van der Waals surface area (Å²) in [7, 11) is 0. The van der Waals surface area contributed by atoms with E-state index in [2.05, 4.69) is 33.0 Å². The van der Waals surface area contributed by atoms with Gasteiger partial charge in [0.15, 0.2) is 0 Å². The Hall–Kier alpha value is -1.55. The highest BCUT2D eigenvalue weighted by Gasteiger charge is 2.32. The predicted molar refractivity (Wildman–Crippen MR) is 97.9 cm³/mol. The van der Waals surface area contributed by atoms with E-state index < -0.39 is 0 Å². The van der Waals surface area contributed by atoms with Gasteiger partial charge in [-0.25, -0.2) is 4.79 Å². The van der Waals surface area contributed by atoms with Crippen molar-refractivity contribution in [3.63, 3.8) is 0 Å². The van der Waals surface area contributed by atoms with Crippen molar-refractivity contribution in [1.29, 1.82) is 0 Å². The molecule has 4 atom stereocenters. The largest absolute Gasteiger partial charge is 0.445 e. The van der Waals surface area contributed by atoms with Crippen LogP contribution in [-0.2, 0) is 11.3 Å². The summed E-state index contributed by atoms with van der Waals surface area (Å²) in [6, 6.07) is 11.9. The number of carbonyl (C=O) groups excluding carboxylic acids is 1. The molecule has 2 saturated heterocycles. The van der Waals surface area contributed by atoms with Crippen LogP contribution in [0, 0.1) is 0 Å². The SMILES string of the molecule is C[C@H]1CC[C@H](C)N1.C[C@H]1CC[C@H](C)N1C(=O)OCc1ccccc1. The molecular formula is C20H32N2O2. The smallest absolute Gasteiger partial charge is 0.410 e. The molecule has 2 aliphatic heterocycles. The summed E-state index contributed by atoms with van der Waals surface area (Å²) in [5, 5.41) is 3.42. The molecule has 4 heteroatoms. The van der Waals surface area contributed by atoms with Crippen LogP contribution in [0.3, 0.4) is 0 Å². The van der Waals surface area contributed by atoms with Gasteiger partial charge in [0, 0.05) is 24.2 Å². The number of likely N-dealkylation sites (tertiary alicyclic amines) is 1. The van der Waals surface area contributed by atoms with Crippen LogP contribution in [0.2, 0.25) is 0 Å². The van der Waals surface area contributed by atoms with Crippen molar-refractivity contribution in [3.05, 3.63) is 35.9 Å². The summed E-state index contributed by atoms with van der Waals surface area (Å²) in [6.45, 7) is 8.99. The van der Waals surface area contributed by atoms with E-state index in [0.29, 0.717) is 18.7 Å². The van der Waals surface area contributed by atoms with Gasteiger partial charge in [-0.2, -0.15) is 0 Å². The molecule has 134 valence electrons. The van der Waals surface area contributed by atoms with E-state index >= 15 is 0 Å². The normalized spacial score (nSPS) is 29.1. The minimum absolute atomic E-state index is 0.189. The van der Waals surface area contributed by atoms with E-state index in [1.165, 1.54) is 12.8 Å².